The monoisotopic (exact) mass is 799 g/mol. The molecule has 0 bridgehead atoms. The normalized spacial score (nSPS) is 15.8. The fraction of sp³-hybridized carbons (Fsp3) is 0.489. The molecule has 3 aromatic carbocycles. The van der Waals surface area contributed by atoms with E-state index in [4.69, 9.17) is 30.9 Å². The Bertz CT molecular complexity index is 2350. The molecule has 0 radical (unpaired) electrons. The van der Waals surface area contributed by atoms with Crippen LogP contribution in [0.3, 0.4) is 0 Å². The molecular formula is C45H55ClFN5O5. The summed E-state index contributed by atoms with van der Waals surface area (Å²) in [5.74, 6) is -0.00202. The molecule has 0 unspecified atom stereocenters. The molecule has 304 valence electrons. The second-order valence-corrected chi connectivity index (χ2v) is 18.3. The van der Waals surface area contributed by atoms with Crippen LogP contribution in [0.2, 0.25) is 5.02 Å². The summed E-state index contributed by atoms with van der Waals surface area (Å²) < 4.78 is 36.1. The molecular weight excluding hydrogens is 745 g/mol. The SMILES string of the molecule is Cc1nn(C)c(C)c1-c1c(Cl)ccc2c(CCCOc3cccc4cc(F)ccc34)c(C(=O)OC(C)(C)C)n(CCN3CC4(CCN(C(=O)OC(C)(C)C)C4)C3)c12. The third-order valence-electron chi connectivity index (χ3n) is 11.1. The van der Waals surface area contributed by atoms with E-state index in [-0.39, 0.29) is 17.3 Å². The summed E-state index contributed by atoms with van der Waals surface area (Å²) in [5, 5.41) is 7.87. The van der Waals surface area contributed by atoms with Crippen molar-refractivity contribution in [1.29, 1.82) is 0 Å². The number of likely N-dealkylation sites (tertiary alicyclic amines) is 2. The Balaban J connectivity index is 1.22. The minimum absolute atomic E-state index is 0.0332. The number of carbonyl (C=O) groups excluding carboxylic acids is 2. The Hall–Kier alpha value is -4.61. The Morgan fingerprint density at radius 3 is 2.32 bits per heavy atom. The first-order chi connectivity index (χ1) is 26.8. The predicted molar refractivity (Wildman–Crippen MR) is 223 cm³/mol. The largest absolute Gasteiger partial charge is 0.493 e. The van der Waals surface area contributed by atoms with Crippen molar-refractivity contribution in [3.05, 3.63) is 82.0 Å². The molecule has 57 heavy (non-hydrogen) atoms. The van der Waals surface area contributed by atoms with Crippen LogP contribution < -0.4 is 4.74 Å². The van der Waals surface area contributed by atoms with Gasteiger partial charge in [-0.15, -0.1) is 0 Å². The highest BCUT2D eigenvalue weighted by Gasteiger charge is 2.49. The molecule has 2 aliphatic rings. The zero-order valence-electron chi connectivity index (χ0n) is 34.7. The molecule has 10 nitrogen and oxygen atoms in total. The maximum absolute atomic E-state index is 14.5. The van der Waals surface area contributed by atoms with Gasteiger partial charge in [-0.2, -0.15) is 5.10 Å². The highest BCUT2D eigenvalue weighted by Crippen LogP contribution is 2.44. The van der Waals surface area contributed by atoms with E-state index in [0.29, 0.717) is 62.1 Å². The number of halogens is 2. The van der Waals surface area contributed by atoms with Gasteiger partial charge in [-0.05, 0) is 116 Å². The average molecular weight is 800 g/mol. The topological polar surface area (TPSA) is 91.1 Å². The van der Waals surface area contributed by atoms with Crippen LogP contribution in [0, 0.1) is 25.1 Å². The maximum Gasteiger partial charge on any atom is 0.410 e. The molecule has 2 aromatic heterocycles. The quantitative estimate of drug-likeness (QED) is 0.103. The number of esters is 1. The van der Waals surface area contributed by atoms with Gasteiger partial charge in [-0.3, -0.25) is 4.68 Å². The van der Waals surface area contributed by atoms with Crippen molar-refractivity contribution in [1.82, 2.24) is 24.1 Å². The lowest BCUT2D eigenvalue weighted by atomic mass is 9.79. The third kappa shape index (κ3) is 8.37. The number of amides is 1. The molecule has 2 saturated heterocycles. The first-order valence-corrected chi connectivity index (χ1v) is 20.3. The van der Waals surface area contributed by atoms with Crippen LogP contribution in [0.25, 0.3) is 32.8 Å². The number of rotatable bonds is 10. The predicted octanol–water partition coefficient (Wildman–Crippen LogP) is 9.51. The van der Waals surface area contributed by atoms with Crippen molar-refractivity contribution in [3.63, 3.8) is 0 Å². The number of nitrogens with zero attached hydrogens (tertiary/aromatic N) is 5. The fourth-order valence-corrected chi connectivity index (χ4v) is 8.91. The first kappa shape index (κ1) is 40.6. The molecule has 1 spiro atoms. The van der Waals surface area contributed by atoms with Crippen molar-refractivity contribution in [2.24, 2.45) is 12.5 Å². The van der Waals surface area contributed by atoms with Crippen LogP contribution in [0.4, 0.5) is 9.18 Å². The van der Waals surface area contributed by atoms with Gasteiger partial charge in [0.25, 0.3) is 0 Å². The Kier molecular flexibility index (Phi) is 10.9. The number of ether oxygens (including phenoxy) is 3. The molecule has 0 saturated carbocycles. The van der Waals surface area contributed by atoms with Crippen molar-refractivity contribution < 1.29 is 28.2 Å². The van der Waals surface area contributed by atoms with Crippen molar-refractivity contribution in [2.75, 3.05) is 39.3 Å². The van der Waals surface area contributed by atoms with E-state index in [1.54, 1.807) is 6.07 Å². The van der Waals surface area contributed by atoms with Gasteiger partial charge >= 0.3 is 12.1 Å². The highest BCUT2D eigenvalue weighted by molar-refractivity contribution is 6.35. The minimum Gasteiger partial charge on any atom is -0.493 e. The van der Waals surface area contributed by atoms with Gasteiger partial charge in [-0.25, -0.2) is 14.0 Å². The van der Waals surface area contributed by atoms with Crippen molar-refractivity contribution in [3.8, 4) is 16.9 Å². The summed E-state index contributed by atoms with van der Waals surface area (Å²) in [4.78, 5) is 31.6. The van der Waals surface area contributed by atoms with Crippen molar-refractivity contribution >= 4 is 45.3 Å². The van der Waals surface area contributed by atoms with E-state index >= 15 is 0 Å². The van der Waals surface area contributed by atoms with Crippen LogP contribution in [-0.4, -0.2) is 86.7 Å². The smallest absolute Gasteiger partial charge is 0.410 e. The summed E-state index contributed by atoms with van der Waals surface area (Å²) in [6.07, 6.45) is 1.82. The molecule has 0 atom stereocenters. The van der Waals surface area contributed by atoms with E-state index < -0.39 is 17.2 Å². The number of hydrogen-bond donors (Lipinski definition) is 0. The number of carbonyl (C=O) groups is 2. The Labute approximate surface area is 339 Å². The molecule has 0 aliphatic carbocycles. The average Bonchev–Trinajstić information content (AvgIpc) is 3.75. The van der Waals surface area contributed by atoms with Crippen LogP contribution in [-0.2, 0) is 29.5 Å². The van der Waals surface area contributed by atoms with Gasteiger partial charge in [0, 0.05) is 79.3 Å². The molecule has 1 amide bonds. The standard InChI is InChI=1S/C45H55ClFN5O5/c1-28-37(29(2)49(9)48-28)38-35(46)18-17-34-33(13-11-23-55-36-14-10-12-30-24-31(47)15-16-32(30)36)40(41(53)56-43(3,4)5)52(39(34)38)22-21-50-25-45(26-50)19-20-51(27-45)42(54)57-44(6,7)8/h10,12,14-18,24H,11,13,19-23,25-27H2,1-9H3. The summed E-state index contributed by atoms with van der Waals surface area (Å²) in [6.45, 7) is 20.0. The lowest BCUT2D eigenvalue weighted by Crippen LogP contribution is -2.58. The van der Waals surface area contributed by atoms with E-state index in [1.807, 2.05) is 102 Å². The summed E-state index contributed by atoms with van der Waals surface area (Å²) >= 11 is 7.16. The van der Waals surface area contributed by atoms with E-state index in [2.05, 4.69) is 9.47 Å². The zero-order valence-corrected chi connectivity index (χ0v) is 35.5. The number of aryl methyl sites for hydroxylation is 3. The van der Waals surface area contributed by atoms with Gasteiger partial charge in [0.15, 0.2) is 0 Å². The Morgan fingerprint density at radius 2 is 1.63 bits per heavy atom. The van der Waals surface area contributed by atoms with Gasteiger partial charge in [0.1, 0.15) is 28.5 Å². The van der Waals surface area contributed by atoms with Crippen LogP contribution >= 0.6 is 11.6 Å². The molecule has 12 heteroatoms. The van der Waals surface area contributed by atoms with E-state index in [0.717, 1.165) is 69.3 Å². The minimum atomic E-state index is -0.726. The number of fused-ring (bicyclic) bond motifs is 2. The molecule has 7 rings (SSSR count). The lowest BCUT2D eigenvalue weighted by Gasteiger charge is -2.48. The molecule has 2 fully saturated rings. The fourth-order valence-electron chi connectivity index (χ4n) is 8.66. The second kappa shape index (κ2) is 15.3. The number of benzene rings is 3. The maximum atomic E-state index is 14.5. The Morgan fingerprint density at radius 1 is 0.912 bits per heavy atom. The van der Waals surface area contributed by atoms with Crippen LogP contribution in [0.1, 0.15) is 81.8 Å². The van der Waals surface area contributed by atoms with E-state index in [9.17, 15) is 14.0 Å². The molecule has 4 heterocycles. The lowest BCUT2D eigenvalue weighted by molar-refractivity contribution is -0.00365. The van der Waals surface area contributed by atoms with Crippen LogP contribution in [0.5, 0.6) is 5.75 Å². The third-order valence-corrected chi connectivity index (χ3v) is 11.4. The highest BCUT2D eigenvalue weighted by atomic mass is 35.5. The second-order valence-electron chi connectivity index (χ2n) is 17.9. The van der Waals surface area contributed by atoms with Crippen LogP contribution in [0.15, 0.2) is 48.5 Å². The van der Waals surface area contributed by atoms with Gasteiger partial charge < -0.3 is 28.6 Å². The van der Waals surface area contributed by atoms with Gasteiger partial charge in [0.05, 0.1) is 22.8 Å². The molecule has 2 aliphatic heterocycles. The van der Waals surface area contributed by atoms with E-state index in [1.165, 1.54) is 12.1 Å². The van der Waals surface area contributed by atoms with Gasteiger partial charge in [0.2, 0.25) is 0 Å². The first-order valence-electron chi connectivity index (χ1n) is 19.9. The van der Waals surface area contributed by atoms with Gasteiger partial charge in [-0.1, -0.05) is 29.8 Å². The summed E-state index contributed by atoms with van der Waals surface area (Å²) in [7, 11) is 1.93. The molecule has 0 N–H and O–H groups in total. The molecule has 5 aromatic rings. The summed E-state index contributed by atoms with van der Waals surface area (Å²) in [5.41, 5.74) is 4.64. The zero-order chi connectivity index (χ0) is 41.0. The van der Waals surface area contributed by atoms with Crippen molar-refractivity contribution in [2.45, 2.75) is 92.4 Å². The number of aromatic nitrogens is 3. The summed E-state index contributed by atoms with van der Waals surface area (Å²) in [6, 6.07) is 14.3. The number of hydrogen-bond acceptors (Lipinski definition) is 7.